The molecule has 0 spiro atoms. The van der Waals surface area contributed by atoms with E-state index in [2.05, 4.69) is 24.0 Å². The zero-order valence-electron chi connectivity index (χ0n) is 15.6. The SMILES string of the molecule is CCCCOc1cccc(CCN(CCOC)CC(=O)N(C)C)c1. The van der Waals surface area contributed by atoms with Gasteiger partial charge in [0.2, 0.25) is 5.91 Å². The number of benzene rings is 1. The average molecular weight is 336 g/mol. The van der Waals surface area contributed by atoms with Crippen LogP contribution in [-0.2, 0) is 16.0 Å². The molecule has 0 unspecified atom stereocenters. The lowest BCUT2D eigenvalue weighted by atomic mass is 10.1. The van der Waals surface area contributed by atoms with Gasteiger partial charge in [-0.3, -0.25) is 9.69 Å². The van der Waals surface area contributed by atoms with E-state index in [1.807, 2.05) is 12.1 Å². The Hall–Kier alpha value is -1.59. The number of unbranched alkanes of at least 4 members (excludes halogenated alkanes) is 1. The van der Waals surface area contributed by atoms with Crippen LogP contribution in [0, 0.1) is 0 Å². The summed E-state index contributed by atoms with van der Waals surface area (Å²) in [4.78, 5) is 15.7. The first-order valence-corrected chi connectivity index (χ1v) is 8.70. The third-order valence-electron chi connectivity index (χ3n) is 3.85. The van der Waals surface area contributed by atoms with E-state index < -0.39 is 0 Å². The molecule has 1 aromatic rings. The fraction of sp³-hybridized carbons (Fsp3) is 0.632. The molecule has 0 saturated carbocycles. The molecule has 0 radical (unpaired) electrons. The first kappa shape index (κ1) is 20.5. The highest BCUT2D eigenvalue weighted by Crippen LogP contribution is 2.14. The normalized spacial score (nSPS) is 10.9. The molecule has 0 fully saturated rings. The number of likely N-dealkylation sites (N-methyl/N-ethyl adjacent to an activating group) is 1. The minimum Gasteiger partial charge on any atom is -0.494 e. The van der Waals surface area contributed by atoms with Crippen LogP contribution in [0.2, 0.25) is 0 Å². The number of hydrogen-bond acceptors (Lipinski definition) is 4. The van der Waals surface area contributed by atoms with Crippen LogP contribution in [0.1, 0.15) is 25.3 Å². The Labute approximate surface area is 146 Å². The predicted octanol–water partition coefficient (Wildman–Crippen LogP) is 2.44. The zero-order valence-corrected chi connectivity index (χ0v) is 15.6. The van der Waals surface area contributed by atoms with Crippen molar-refractivity contribution in [2.75, 3.05) is 54.1 Å². The molecule has 0 aliphatic carbocycles. The summed E-state index contributed by atoms with van der Waals surface area (Å²) < 4.78 is 10.9. The minimum absolute atomic E-state index is 0.114. The van der Waals surface area contributed by atoms with E-state index in [1.54, 1.807) is 26.1 Å². The maximum absolute atomic E-state index is 12.0. The summed E-state index contributed by atoms with van der Waals surface area (Å²) in [6.07, 6.45) is 3.09. The summed E-state index contributed by atoms with van der Waals surface area (Å²) in [5.74, 6) is 1.04. The highest BCUT2D eigenvalue weighted by molar-refractivity contribution is 5.77. The molecule has 0 aliphatic rings. The second-order valence-corrected chi connectivity index (χ2v) is 6.16. The molecule has 0 heterocycles. The van der Waals surface area contributed by atoms with Gasteiger partial charge in [-0.05, 0) is 30.5 Å². The van der Waals surface area contributed by atoms with Crippen LogP contribution in [0.3, 0.4) is 0 Å². The summed E-state index contributed by atoms with van der Waals surface area (Å²) in [6.45, 7) is 5.54. The van der Waals surface area contributed by atoms with Gasteiger partial charge in [-0.2, -0.15) is 0 Å². The van der Waals surface area contributed by atoms with Crippen molar-refractivity contribution in [2.45, 2.75) is 26.2 Å². The molecule has 0 bridgehead atoms. The Morgan fingerprint density at radius 3 is 2.62 bits per heavy atom. The molecule has 1 amide bonds. The van der Waals surface area contributed by atoms with Crippen LogP contribution in [-0.4, -0.2) is 69.8 Å². The van der Waals surface area contributed by atoms with Gasteiger partial charge in [-0.15, -0.1) is 0 Å². The predicted molar refractivity (Wildman–Crippen MR) is 97.6 cm³/mol. The third-order valence-corrected chi connectivity index (χ3v) is 3.85. The Morgan fingerprint density at radius 1 is 1.17 bits per heavy atom. The summed E-state index contributed by atoms with van der Waals surface area (Å²) in [5.41, 5.74) is 1.23. The van der Waals surface area contributed by atoms with Crippen LogP contribution >= 0.6 is 0 Å². The van der Waals surface area contributed by atoms with Crippen molar-refractivity contribution in [3.8, 4) is 5.75 Å². The van der Waals surface area contributed by atoms with E-state index >= 15 is 0 Å². The highest BCUT2D eigenvalue weighted by atomic mass is 16.5. The molecule has 0 N–H and O–H groups in total. The number of carbonyl (C=O) groups excluding carboxylic acids is 1. The zero-order chi connectivity index (χ0) is 17.8. The van der Waals surface area contributed by atoms with E-state index in [0.717, 1.165) is 44.7 Å². The highest BCUT2D eigenvalue weighted by Gasteiger charge is 2.12. The summed E-state index contributed by atoms with van der Waals surface area (Å²) in [7, 11) is 5.25. The largest absolute Gasteiger partial charge is 0.494 e. The van der Waals surface area contributed by atoms with Gasteiger partial charge in [0.05, 0.1) is 19.8 Å². The van der Waals surface area contributed by atoms with Gasteiger partial charge in [-0.25, -0.2) is 0 Å². The number of ether oxygens (including phenoxy) is 2. The standard InChI is InChI=1S/C19H32N2O3/c1-5-6-13-24-18-9-7-8-17(15-18)10-11-21(12-14-23-4)16-19(22)20(2)3/h7-9,15H,5-6,10-14,16H2,1-4H3. The Morgan fingerprint density at radius 2 is 1.96 bits per heavy atom. The van der Waals surface area contributed by atoms with Gasteiger partial charge in [0.25, 0.3) is 0 Å². The maximum Gasteiger partial charge on any atom is 0.236 e. The van der Waals surface area contributed by atoms with E-state index in [-0.39, 0.29) is 5.91 Å². The van der Waals surface area contributed by atoms with Crippen molar-refractivity contribution in [1.82, 2.24) is 9.80 Å². The molecule has 1 rings (SSSR count). The molecule has 24 heavy (non-hydrogen) atoms. The minimum atomic E-state index is 0.114. The van der Waals surface area contributed by atoms with Gasteiger partial charge in [-0.1, -0.05) is 25.5 Å². The quantitative estimate of drug-likeness (QED) is 0.550. The van der Waals surface area contributed by atoms with E-state index in [9.17, 15) is 4.79 Å². The first-order chi connectivity index (χ1) is 11.6. The van der Waals surface area contributed by atoms with Crippen molar-refractivity contribution >= 4 is 5.91 Å². The maximum atomic E-state index is 12.0. The number of nitrogens with zero attached hydrogens (tertiary/aromatic N) is 2. The van der Waals surface area contributed by atoms with Gasteiger partial charge in [0, 0.05) is 34.3 Å². The number of amides is 1. The average Bonchev–Trinajstić information content (AvgIpc) is 2.57. The third kappa shape index (κ3) is 8.31. The summed E-state index contributed by atoms with van der Waals surface area (Å²) >= 11 is 0. The Balaban J connectivity index is 2.55. The molecule has 136 valence electrons. The topological polar surface area (TPSA) is 42.0 Å². The molecular weight excluding hydrogens is 304 g/mol. The van der Waals surface area contributed by atoms with Crippen LogP contribution < -0.4 is 4.74 Å². The van der Waals surface area contributed by atoms with E-state index in [1.165, 1.54) is 5.56 Å². The van der Waals surface area contributed by atoms with Crippen LogP contribution in [0.5, 0.6) is 5.75 Å². The number of methoxy groups -OCH3 is 1. The fourth-order valence-corrected chi connectivity index (χ4v) is 2.24. The van der Waals surface area contributed by atoms with E-state index in [4.69, 9.17) is 9.47 Å². The van der Waals surface area contributed by atoms with Crippen molar-refractivity contribution in [2.24, 2.45) is 0 Å². The summed E-state index contributed by atoms with van der Waals surface area (Å²) in [5, 5.41) is 0. The number of carbonyl (C=O) groups is 1. The molecule has 0 saturated heterocycles. The molecule has 5 nitrogen and oxygen atoms in total. The molecule has 1 aromatic carbocycles. The first-order valence-electron chi connectivity index (χ1n) is 8.70. The second-order valence-electron chi connectivity index (χ2n) is 6.16. The Kier molecular flexibility index (Phi) is 10.1. The molecular formula is C19H32N2O3. The van der Waals surface area contributed by atoms with Crippen LogP contribution in [0.25, 0.3) is 0 Å². The van der Waals surface area contributed by atoms with Crippen LogP contribution in [0.15, 0.2) is 24.3 Å². The monoisotopic (exact) mass is 336 g/mol. The van der Waals surface area contributed by atoms with Crippen molar-refractivity contribution in [1.29, 1.82) is 0 Å². The van der Waals surface area contributed by atoms with Gasteiger partial charge < -0.3 is 14.4 Å². The van der Waals surface area contributed by atoms with Gasteiger partial charge >= 0.3 is 0 Å². The lowest BCUT2D eigenvalue weighted by Crippen LogP contribution is -2.39. The fourth-order valence-electron chi connectivity index (χ4n) is 2.24. The van der Waals surface area contributed by atoms with E-state index in [0.29, 0.717) is 13.2 Å². The lowest BCUT2D eigenvalue weighted by Gasteiger charge is -2.23. The molecule has 5 heteroatoms. The van der Waals surface area contributed by atoms with Crippen molar-refractivity contribution in [3.63, 3.8) is 0 Å². The molecule has 0 aliphatic heterocycles. The second kappa shape index (κ2) is 11.9. The van der Waals surface area contributed by atoms with Gasteiger partial charge in [0.15, 0.2) is 0 Å². The Bertz CT molecular complexity index is 477. The number of rotatable bonds is 12. The number of hydrogen-bond donors (Lipinski definition) is 0. The smallest absolute Gasteiger partial charge is 0.236 e. The lowest BCUT2D eigenvalue weighted by molar-refractivity contribution is -0.130. The summed E-state index contributed by atoms with van der Waals surface area (Å²) in [6, 6.07) is 8.23. The molecule has 0 atom stereocenters. The van der Waals surface area contributed by atoms with Crippen molar-refractivity contribution in [3.05, 3.63) is 29.8 Å². The van der Waals surface area contributed by atoms with Gasteiger partial charge in [0.1, 0.15) is 5.75 Å². The van der Waals surface area contributed by atoms with Crippen molar-refractivity contribution < 1.29 is 14.3 Å². The molecule has 0 aromatic heterocycles. The van der Waals surface area contributed by atoms with Crippen LogP contribution in [0.4, 0.5) is 0 Å².